The zero-order chi connectivity index (χ0) is 13.3. The van der Waals surface area contributed by atoms with Gasteiger partial charge in [0.1, 0.15) is 23.1 Å². The lowest BCUT2D eigenvalue weighted by Gasteiger charge is -2.11. The molecule has 5 heteroatoms. The van der Waals surface area contributed by atoms with Crippen molar-refractivity contribution in [3.05, 3.63) is 53.0 Å². The number of hydrogen-bond acceptors (Lipinski definition) is 2. The minimum absolute atomic E-state index is 0.112. The summed E-state index contributed by atoms with van der Waals surface area (Å²) >= 11 is 6.07. The van der Waals surface area contributed by atoms with Crippen molar-refractivity contribution in [3.8, 4) is 5.75 Å². The summed E-state index contributed by atoms with van der Waals surface area (Å²) in [5.74, 6) is -0.748. The molecule has 96 valence electrons. The molecule has 18 heavy (non-hydrogen) atoms. The second-order valence-electron chi connectivity index (χ2n) is 3.86. The molecule has 2 aromatic rings. The molecule has 1 aromatic carbocycles. The van der Waals surface area contributed by atoms with Gasteiger partial charge in [-0.3, -0.25) is 0 Å². The third kappa shape index (κ3) is 2.34. The van der Waals surface area contributed by atoms with E-state index in [0.717, 1.165) is 12.1 Å². The van der Waals surface area contributed by atoms with Gasteiger partial charge >= 0.3 is 0 Å². The highest BCUT2D eigenvalue weighted by molar-refractivity contribution is 6.22. The minimum atomic E-state index is -0.937. The van der Waals surface area contributed by atoms with Gasteiger partial charge in [-0.25, -0.2) is 8.78 Å². The van der Waals surface area contributed by atoms with Crippen LogP contribution >= 0.6 is 11.6 Å². The second-order valence-corrected chi connectivity index (χ2v) is 4.29. The highest BCUT2D eigenvalue weighted by atomic mass is 35.5. The van der Waals surface area contributed by atoms with Crippen molar-refractivity contribution in [1.29, 1.82) is 0 Å². The molecule has 0 N–H and O–H groups in total. The third-order valence-electron chi connectivity index (χ3n) is 2.59. The Hall–Kier alpha value is -1.55. The number of ether oxygens (including phenoxy) is 1. The van der Waals surface area contributed by atoms with Crippen molar-refractivity contribution in [3.63, 3.8) is 0 Å². The number of rotatable bonds is 3. The van der Waals surface area contributed by atoms with Crippen molar-refractivity contribution >= 4 is 11.6 Å². The molecule has 0 saturated carbocycles. The van der Waals surface area contributed by atoms with Crippen molar-refractivity contribution in [1.82, 2.24) is 0 Å². The molecule has 1 atom stereocenters. The maximum atomic E-state index is 13.8. The maximum absolute atomic E-state index is 13.8. The Morgan fingerprint density at radius 2 is 1.83 bits per heavy atom. The average molecular weight is 273 g/mol. The summed E-state index contributed by atoms with van der Waals surface area (Å²) in [5.41, 5.74) is 0.301. The Morgan fingerprint density at radius 1 is 1.22 bits per heavy atom. The van der Waals surface area contributed by atoms with Gasteiger partial charge in [0.25, 0.3) is 0 Å². The van der Waals surface area contributed by atoms with Crippen LogP contribution in [-0.2, 0) is 0 Å². The largest absolute Gasteiger partial charge is 0.497 e. The van der Waals surface area contributed by atoms with Crippen LogP contribution in [0.3, 0.4) is 0 Å². The molecule has 1 heterocycles. The Balaban J connectivity index is 2.44. The molecule has 1 aromatic heterocycles. The maximum Gasteiger partial charge on any atom is 0.134 e. The van der Waals surface area contributed by atoms with Gasteiger partial charge in [0.15, 0.2) is 0 Å². The smallest absolute Gasteiger partial charge is 0.134 e. The Bertz CT molecular complexity index is 543. The first-order valence-corrected chi connectivity index (χ1v) is 5.68. The van der Waals surface area contributed by atoms with Crippen LogP contribution in [0.5, 0.6) is 5.75 Å². The SMILES string of the molecule is COc1cc(F)c(C(Cl)c2coc(C)c2)c(F)c1. The summed E-state index contributed by atoms with van der Waals surface area (Å²) in [4.78, 5) is 0. The van der Waals surface area contributed by atoms with E-state index in [1.54, 1.807) is 13.0 Å². The van der Waals surface area contributed by atoms with E-state index in [1.807, 2.05) is 0 Å². The van der Waals surface area contributed by atoms with Crippen LogP contribution in [0, 0.1) is 18.6 Å². The highest BCUT2D eigenvalue weighted by Crippen LogP contribution is 2.35. The van der Waals surface area contributed by atoms with Crippen molar-refractivity contribution in [2.24, 2.45) is 0 Å². The standard InChI is InChI=1S/C13H11ClF2O2/c1-7-3-8(6-18-7)13(14)12-10(15)4-9(17-2)5-11(12)16/h3-6,13H,1-2H3. The first-order valence-electron chi connectivity index (χ1n) is 5.25. The summed E-state index contributed by atoms with van der Waals surface area (Å²) in [5, 5.41) is -0.937. The topological polar surface area (TPSA) is 22.4 Å². The molecule has 0 aliphatic carbocycles. The fourth-order valence-corrected chi connectivity index (χ4v) is 2.01. The molecule has 0 amide bonds. The second kappa shape index (κ2) is 4.98. The van der Waals surface area contributed by atoms with E-state index >= 15 is 0 Å². The van der Waals surface area contributed by atoms with Crippen LogP contribution in [0.15, 0.2) is 28.9 Å². The normalized spacial score (nSPS) is 12.5. The monoisotopic (exact) mass is 272 g/mol. The van der Waals surface area contributed by atoms with E-state index in [2.05, 4.69) is 0 Å². The summed E-state index contributed by atoms with van der Waals surface area (Å²) < 4.78 is 37.5. The summed E-state index contributed by atoms with van der Waals surface area (Å²) in [6, 6.07) is 3.84. The molecule has 2 rings (SSSR count). The Kier molecular flexibility index (Phi) is 3.57. The average Bonchev–Trinajstić information content (AvgIpc) is 2.74. The van der Waals surface area contributed by atoms with E-state index in [0.29, 0.717) is 11.3 Å². The number of halogens is 3. The lowest BCUT2D eigenvalue weighted by Crippen LogP contribution is -2.01. The predicted octanol–water partition coefficient (Wildman–Crippen LogP) is 4.20. The quantitative estimate of drug-likeness (QED) is 0.781. The molecule has 0 fully saturated rings. The molecular formula is C13H11ClF2O2. The number of alkyl halides is 1. The Labute approximate surface area is 108 Å². The van der Waals surface area contributed by atoms with Gasteiger partial charge < -0.3 is 9.15 Å². The van der Waals surface area contributed by atoms with Crippen LogP contribution < -0.4 is 4.74 Å². The number of hydrogen-bond donors (Lipinski definition) is 0. The lowest BCUT2D eigenvalue weighted by molar-refractivity contribution is 0.405. The highest BCUT2D eigenvalue weighted by Gasteiger charge is 2.22. The van der Waals surface area contributed by atoms with Crippen molar-refractivity contribution in [2.45, 2.75) is 12.3 Å². The predicted molar refractivity (Wildman–Crippen MR) is 64.1 cm³/mol. The van der Waals surface area contributed by atoms with Crippen molar-refractivity contribution < 1.29 is 17.9 Å². The lowest BCUT2D eigenvalue weighted by atomic mass is 10.1. The van der Waals surface area contributed by atoms with E-state index in [4.69, 9.17) is 20.8 Å². The van der Waals surface area contributed by atoms with E-state index in [1.165, 1.54) is 13.4 Å². The molecule has 0 aliphatic heterocycles. The molecule has 1 unspecified atom stereocenters. The van der Waals surface area contributed by atoms with Crippen LogP contribution in [-0.4, -0.2) is 7.11 Å². The van der Waals surface area contributed by atoms with Gasteiger partial charge in [-0.1, -0.05) is 0 Å². The molecule has 0 radical (unpaired) electrons. The zero-order valence-electron chi connectivity index (χ0n) is 9.84. The molecule has 2 nitrogen and oxygen atoms in total. The van der Waals surface area contributed by atoms with Crippen LogP contribution in [0.4, 0.5) is 8.78 Å². The van der Waals surface area contributed by atoms with Gasteiger partial charge in [0.2, 0.25) is 0 Å². The summed E-state index contributed by atoms with van der Waals surface area (Å²) in [6.07, 6.45) is 1.39. The molecule has 0 spiro atoms. The number of methoxy groups -OCH3 is 1. The molecule has 0 bridgehead atoms. The van der Waals surface area contributed by atoms with Gasteiger partial charge in [-0.15, -0.1) is 11.6 Å². The van der Waals surface area contributed by atoms with Crippen LogP contribution in [0.1, 0.15) is 22.3 Å². The third-order valence-corrected chi connectivity index (χ3v) is 3.06. The Morgan fingerprint density at radius 3 is 2.28 bits per heavy atom. The first kappa shape index (κ1) is 12.9. The van der Waals surface area contributed by atoms with Gasteiger partial charge in [-0.05, 0) is 13.0 Å². The van der Waals surface area contributed by atoms with E-state index in [-0.39, 0.29) is 11.3 Å². The summed E-state index contributed by atoms with van der Waals surface area (Å²) in [6.45, 7) is 1.73. The van der Waals surface area contributed by atoms with E-state index < -0.39 is 17.0 Å². The number of furan rings is 1. The molecule has 0 saturated heterocycles. The van der Waals surface area contributed by atoms with Crippen LogP contribution in [0.25, 0.3) is 0 Å². The van der Waals surface area contributed by atoms with Crippen LogP contribution in [0.2, 0.25) is 0 Å². The minimum Gasteiger partial charge on any atom is -0.497 e. The summed E-state index contributed by atoms with van der Waals surface area (Å²) in [7, 11) is 1.34. The fraction of sp³-hybridized carbons (Fsp3) is 0.231. The molecular weight excluding hydrogens is 262 g/mol. The first-order chi connectivity index (χ1) is 8.52. The van der Waals surface area contributed by atoms with Gasteiger partial charge in [-0.2, -0.15) is 0 Å². The zero-order valence-corrected chi connectivity index (χ0v) is 10.6. The number of benzene rings is 1. The fourth-order valence-electron chi connectivity index (χ4n) is 1.68. The number of aryl methyl sites for hydroxylation is 1. The van der Waals surface area contributed by atoms with Gasteiger partial charge in [0, 0.05) is 23.3 Å². The molecule has 0 aliphatic rings. The van der Waals surface area contributed by atoms with Gasteiger partial charge in [0.05, 0.1) is 18.8 Å². The van der Waals surface area contributed by atoms with Crippen molar-refractivity contribution in [2.75, 3.05) is 7.11 Å². The van der Waals surface area contributed by atoms with E-state index in [9.17, 15) is 8.78 Å².